The van der Waals surface area contributed by atoms with E-state index in [1.807, 2.05) is 38.4 Å². The van der Waals surface area contributed by atoms with E-state index in [0.717, 1.165) is 28.2 Å². The Kier molecular flexibility index (Phi) is 4.05. The molecule has 0 spiro atoms. The first kappa shape index (κ1) is 13.7. The maximum atomic E-state index is 8.36. The molecule has 0 aliphatic rings. The highest BCUT2D eigenvalue weighted by molar-refractivity contribution is 5.79. The Morgan fingerprint density at radius 3 is 2.65 bits per heavy atom. The van der Waals surface area contributed by atoms with Crippen LogP contribution in [-0.4, -0.2) is 31.2 Å². The molecule has 6 heteroatoms. The largest absolute Gasteiger partial charge is 0.483 e. The second-order valence-corrected chi connectivity index (χ2v) is 4.14. The molecular weight excluding hydrogens is 256 g/mol. The molecule has 0 amide bonds. The van der Waals surface area contributed by atoms with Crippen LogP contribution in [0.2, 0.25) is 0 Å². The van der Waals surface area contributed by atoms with Crippen molar-refractivity contribution in [3.63, 3.8) is 0 Å². The Balaban J connectivity index is 0.000000452. The first-order chi connectivity index (χ1) is 9.67. The van der Waals surface area contributed by atoms with Gasteiger partial charge in [-0.25, -0.2) is 9.50 Å². The maximum absolute atomic E-state index is 8.36. The van der Waals surface area contributed by atoms with E-state index in [2.05, 4.69) is 21.1 Å². The monoisotopic (exact) mass is 270 g/mol. The molecule has 0 atom stereocenters. The number of aryl methyl sites for hydroxylation is 2. The van der Waals surface area contributed by atoms with E-state index in [1.165, 1.54) is 0 Å². The van der Waals surface area contributed by atoms with E-state index in [9.17, 15) is 0 Å². The third-order valence-electron chi connectivity index (χ3n) is 2.77. The summed E-state index contributed by atoms with van der Waals surface area (Å²) in [6, 6.07) is 5.93. The fourth-order valence-corrected chi connectivity index (χ4v) is 1.95. The van der Waals surface area contributed by atoms with Gasteiger partial charge in [-0.3, -0.25) is 9.78 Å². The van der Waals surface area contributed by atoms with Crippen LogP contribution in [0.15, 0.2) is 36.8 Å². The lowest BCUT2D eigenvalue weighted by Gasteiger charge is -2.00. The fraction of sp³-hybridized carbons (Fsp3) is 0.143. The van der Waals surface area contributed by atoms with Crippen LogP contribution in [0.3, 0.4) is 0 Å². The van der Waals surface area contributed by atoms with Crippen molar-refractivity contribution >= 4 is 12.1 Å². The van der Waals surface area contributed by atoms with Crippen LogP contribution in [0.5, 0.6) is 0 Å². The second-order valence-electron chi connectivity index (χ2n) is 4.14. The first-order valence-corrected chi connectivity index (χ1v) is 5.98. The Hall–Kier alpha value is -2.76. The summed E-state index contributed by atoms with van der Waals surface area (Å²) < 4.78 is 1.80. The number of carbonyl (C=O) groups is 1. The molecule has 0 unspecified atom stereocenters. The van der Waals surface area contributed by atoms with Gasteiger partial charge in [-0.1, -0.05) is 6.07 Å². The van der Waals surface area contributed by atoms with E-state index in [1.54, 1.807) is 10.7 Å². The molecule has 3 aromatic heterocycles. The second kappa shape index (κ2) is 5.92. The average Bonchev–Trinajstić information content (AvgIpc) is 2.77. The molecule has 0 saturated heterocycles. The van der Waals surface area contributed by atoms with Crippen molar-refractivity contribution in [2.24, 2.45) is 0 Å². The van der Waals surface area contributed by atoms with Crippen LogP contribution in [0, 0.1) is 13.8 Å². The van der Waals surface area contributed by atoms with Gasteiger partial charge in [-0.2, -0.15) is 5.10 Å². The zero-order chi connectivity index (χ0) is 14.5. The predicted molar refractivity (Wildman–Crippen MR) is 74.4 cm³/mol. The van der Waals surface area contributed by atoms with Gasteiger partial charge >= 0.3 is 0 Å². The van der Waals surface area contributed by atoms with Crippen molar-refractivity contribution in [3.8, 4) is 11.1 Å². The number of pyridine rings is 1. The molecule has 0 saturated carbocycles. The molecule has 0 aliphatic heterocycles. The standard InChI is InChI=1S/C13H12N4.CH2O2/c1-9-4-5-11(8-15-9)12-10(2)16-17-7-3-6-14-13(12)17;2-1-3/h3-8H,1-2H3;1H,(H,2,3). The number of hydrogen-bond acceptors (Lipinski definition) is 4. The lowest BCUT2D eigenvalue weighted by Crippen LogP contribution is -1.88. The van der Waals surface area contributed by atoms with Crippen molar-refractivity contribution in [1.29, 1.82) is 0 Å². The lowest BCUT2D eigenvalue weighted by atomic mass is 10.1. The highest BCUT2D eigenvalue weighted by atomic mass is 16.3. The van der Waals surface area contributed by atoms with Crippen molar-refractivity contribution in [3.05, 3.63) is 48.2 Å². The van der Waals surface area contributed by atoms with Crippen LogP contribution < -0.4 is 0 Å². The summed E-state index contributed by atoms with van der Waals surface area (Å²) >= 11 is 0. The first-order valence-electron chi connectivity index (χ1n) is 5.98. The van der Waals surface area contributed by atoms with Gasteiger partial charge in [-0.05, 0) is 26.0 Å². The van der Waals surface area contributed by atoms with E-state index < -0.39 is 0 Å². The van der Waals surface area contributed by atoms with Crippen LogP contribution in [-0.2, 0) is 4.79 Å². The number of aromatic nitrogens is 4. The molecule has 3 rings (SSSR count). The van der Waals surface area contributed by atoms with E-state index in [0.29, 0.717) is 0 Å². The molecule has 0 aromatic carbocycles. The van der Waals surface area contributed by atoms with Gasteiger partial charge in [0.15, 0.2) is 5.65 Å². The zero-order valence-corrected chi connectivity index (χ0v) is 11.2. The summed E-state index contributed by atoms with van der Waals surface area (Å²) in [4.78, 5) is 17.1. The normalized spacial score (nSPS) is 9.90. The minimum Gasteiger partial charge on any atom is -0.483 e. The van der Waals surface area contributed by atoms with E-state index in [4.69, 9.17) is 9.90 Å². The Morgan fingerprint density at radius 2 is 2.00 bits per heavy atom. The highest BCUT2D eigenvalue weighted by Gasteiger charge is 2.12. The van der Waals surface area contributed by atoms with Gasteiger partial charge in [0.25, 0.3) is 6.47 Å². The Bertz CT molecular complexity index is 720. The molecule has 0 radical (unpaired) electrons. The van der Waals surface area contributed by atoms with Crippen molar-refractivity contribution < 1.29 is 9.90 Å². The molecule has 3 aromatic rings. The van der Waals surface area contributed by atoms with Gasteiger partial charge in [-0.15, -0.1) is 0 Å². The number of fused-ring (bicyclic) bond motifs is 1. The smallest absolute Gasteiger partial charge is 0.290 e. The molecule has 0 aliphatic carbocycles. The highest BCUT2D eigenvalue weighted by Crippen LogP contribution is 2.25. The van der Waals surface area contributed by atoms with E-state index in [-0.39, 0.29) is 6.47 Å². The lowest BCUT2D eigenvalue weighted by molar-refractivity contribution is -0.122. The molecule has 102 valence electrons. The summed E-state index contributed by atoms with van der Waals surface area (Å²) in [5, 5.41) is 11.3. The van der Waals surface area contributed by atoms with Gasteiger partial charge in [0.05, 0.1) is 11.3 Å². The van der Waals surface area contributed by atoms with Crippen molar-refractivity contribution in [1.82, 2.24) is 19.6 Å². The molecule has 0 fully saturated rings. The maximum Gasteiger partial charge on any atom is 0.290 e. The van der Waals surface area contributed by atoms with Crippen LogP contribution >= 0.6 is 0 Å². The van der Waals surface area contributed by atoms with Gasteiger partial charge in [0.1, 0.15) is 0 Å². The molecule has 20 heavy (non-hydrogen) atoms. The third kappa shape index (κ3) is 2.64. The molecule has 1 N–H and O–H groups in total. The number of rotatable bonds is 1. The number of carboxylic acid groups (broad SMARTS) is 1. The van der Waals surface area contributed by atoms with Crippen LogP contribution in [0.4, 0.5) is 0 Å². The predicted octanol–water partition coefficient (Wildman–Crippen LogP) is 2.11. The summed E-state index contributed by atoms with van der Waals surface area (Å²) in [6.45, 7) is 3.72. The van der Waals surface area contributed by atoms with Crippen molar-refractivity contribution in [2.75, 3.05) is 0 Å². The molecule has 0 bridgehead atoms. The molecule has 3 heterocycles. The molecule has 6 nitrogen and oxygen atoms in total. The minimum atomic E-state index is -0.250. The topological polar surface area (TPSA) is 80.4 Å². The summed E-state index contributed by atoms with van der Waals surface area (Å²) in [7, 11) is 0. The van der Waals surface area contributed by atoms with Crippen LogP contribution in [0.25, 0.3) is 16.8 Å². The average molecular weight is 270 g/mol. The zero-order valence-electron chi connectivity index (χ0n) is 11.2. The fourth-order valence-electron chi connectivity index (χ4n) is 1.95. The van der Waals surface area contributed by atoms with Gasteiger partial charge in [0.2, 0.25) is 0 Å². The summed E-state index contributed by atoms with van der Waals surface area (Å²) in [5.41, 5.74) is 4.96. The summed E-state index contributed by atoms with van der Waals surface area (Å²) in [6.07, 6.45) is 5.55. The van der Waals surface area contributed by atoms with E-state index >= 15 is 0 Å². The van der Waals surface area contributed by atoms with Gasteiger partial charge in [0, 0.05) is 29.8 Å². The number of nitrogens with zero attached hydrogens (tertiary/aromatic N) is 4. The molecular formula is C14H14N4O2. The quantitative estimate of drug-likeness (QED) is 0.685. The van der Waals surface area contributed by atoms with Crippen LogP contribution in [0.1, 0.15) is 11.4 Å². The van der Waals surface area contributed by atoms with Crippen molar-refractivity contribution in [2.45, 2.75) is 13.8 Å². The SMILES string of the molecule is Cc1ccc(-c2c(C)nn3cccnc23)cn1.O=CO. The summed E-state index contributed by atoms with van der Waals surface area (Å²) in [5.74, 6) is 0. The van der Waals surface area contributed by atoms with Gasteiger partial charge < -0.3 is 5.11 Å². The minimum absolute atomic E-state index is 0.250. The Labute approximate surface area is 115 Å². The number of hydrogen-bond donors (Lipinski definition) is 1. The third-order valence-corrected chi connectivity index (χ3v) is 2.77. The Morgan fingerprint density at radius 1 is 1.25 bits per heavy atom.